The molecule has 0 fully saturated rings. The number of carbonyl (C=O) groups is 2. The molecule has 0 bridgehead atoms. The molecule has 0 heterocycles. The average Bonchev–Trinajstić information content (AvgIpc) is 2.33. The molecule has 0 aliphatic rings. The molecule has 0 unspecified atom stereocenters. The quantitative estimate of drug-likeness (QED) is 0.749. The normalized spacial score (nSPS) is 10.1. The number of rotatable bonds is 6. The Morgan fingerprint density at radius 1 is 1.16 bits per heavy atom. The molecule has 1 rings (SSSR count). The van der Waals surface area contributed by atoms with Crippen molar-refractivity contribution >= 4 is 34.8 Å². The van der Waals surface area contributed by atoms with Crippen LogP contribution in [0.4, 0.5) is 11.4 Å². The first kappa shape index (κ1) is 15.5. The van der Waals surface area contributed by atoms with E-state index in [2.05, 4.69) is 10.6 Å². The van der Waals surface area contributed by atoms with E-state index in [1.54, 1.807) is 18.2 Å². The topological polar surface area (TPSA) is 84.2 Å². The maximum Gasteiger partial charge on any atom is 0.225 e. The minimum atomic E-state index is -0.212. The fraction of sp³-hybridized carbons (Fsp3) is 0.385. The summed E-state index contributed by atoms with van der Waals surface area (Å²) in [5.74, 6) is -0.310. The van der Waals surface area contributed by atoms with Gasteiger partial charge in [0.25, 0.3) is 0 Å². The molecule has 0 aliphatic carbocycles. The molecular weight excluding hydrogens is 266 g/mol. The van der Waals surface area contributed by atoms with Gasteiger partial charge in [0.2, 0.25) is 11.8 Å². The lowest BCUT2D eigenvalue weighted by molar-refractivity contribution is -0.117. The first-order valence-corrected chi connectivity index (χ1v) is 6.54. The van der Waals surface area contributed by atoms with Gasteiger partial charge in [-0.1, -0.05) is 18.5 Å². The average molecular weight is 284 g/mol. The molecule has 0 saturated carbocycles. The largest absolute Gasteiger partial charge is 0.330 e. The summed E-state index contributed by atoms with van der Waals surface area (Å²) in [7, 11) is 0. The van der Waals surface area contributed by atoms with Crippen molar-refractivity contribution in [2.24, 2.45) is 5.73 Å². The summed E-state index contributed by atoms with van der Waals surface area (Å²) in [6.45, 7) is 2.19. The van der Waals surface area contributed by atoms with Gasteiger partial charge in [-0.25, -0.2) is 0 Å². The molecule has 1 aromatic rings. The van der Waals surface area contributed by atoms with Gasteiger partial charge in [-0.15, -0.1) is 0 Å². The van der Waals surface area contributed by atoms with Crippen LogP contribution in [0.3, 0.4) is 0 Å². The molecule has 19 heavy (non-hydrogen) atoms. The number of benzene rings is 1. The predicted octanol–water partition coefficient (Wildman–Crippen LogP) is 2.37. The molecule has 0 saturated heterocycles. The summed E-state index contributed by atoms with van der Waals surface area (Å²) in [6.07, 6.45) is 1.40. The molecule has 0 atom stereocenters. The van der Waals surface area contributed by atoms with Gasteiger partial charge in [0, 0.05) is 24.4 Å². The van der Waals surface area contributed by atoms with Crippen LogP contribution in [-0.2, 0) is 9.59 Å². The number of amides is 2. The van der Waals surface area contributed by atoms with Crippen LogP contribution >= 0.6 is 11.6 Å². The summed E-state index contributed by atoms with van der Waals surface area (Å²) in [6, 6.07) is 4.91. The Morgan fingerprint density at radius 2 is 1.79 bits per heavy atom. The zero-order chi connectivity index (χ0) is 14.3. The van der Waals surface area contributed by atoms with E-state index in [-0.39, 0.29) is 24.8 Å². The maximum absolute atomic E-state index is 11.6. The minimum Gasteiger partial charge on any atom is -0.330 e. The fourth-order valence-electron chi connectivity index (χ4n) is 1.51. The second-order valence-corrected chi connectivity index (χ2v) is 4.51. The number of anilines is 2. The van der Waals surface area contributed by atoms with E-state index in [9.17, 15) is 9.59 Å². The summed E-state index contributed by atoms with van der Waals surface area (Å²) in [5.41, 5.74) is 6.33. The van der Waals surface area contributed by atoms with Crippen molar-refractivity contribution in [2.75, 3.05) is 17.2 Å². The van der Waals surface area contributed by atoms with Crippen LogP contribution in [-0.4, -0.2) is 18.4 Å². The Morgan fingerprint density at radius 3 is 2.42 bits per heavy atom. The Hall–Kier alpha value is -1.59. The van der Waals surface area contributed by atoms with Crippen molar-refractivity contribution in [1.29, 1.82) is 0 Å². The van der Waals surface area contributed by atoms with Crippen LogP contribution in [0.15, 0.2) is 18.2 Å². The molecule has 0 spiro atoms. The van der Waals surface area contributed by atoms with Crippen molar-refractivity contribution in [2.45, 2.75) is 26.2 Å². The van der Waals surface area contributed by atoms with Gasteiger partial charge in [0.15, 0.2) is 0 Å². The molecular formula is C13H18ClN3O2. The standard InChI is InChI=1S/C13H18ClN3O2/c1-2-3-12(18)16-10-5-4-9(14)8-11(10)17-13(19)6-7-15/h4-5,8H,2-3,6-7,15H2,1H3,(H,16,18)(H,17,19). The Balaban J connectivity index is 2.85. The Bertz CT molecular complexity index is 463. The smallest absolute Gasteiger partial charge is 0.225 e. The van der Waals surface area contributed by atoms with E-state index in [1.807, 2.05) is 6.92 Å². The molecule has 0 aliphatic heterocycles. The van der Waals surface area contributed by atoms with Crippen molar-refractivity contribution in [3.63, 3.8) is 0 Å². The number of carbonyl (C=O) groups excluding carboxylic acids is 2. The predicted molar refractivity (Wildman–Crippen MR) is 77.3 cm³/mol. The second-order valence-electron chi connectivity index (χ2n) is 4.07. The summed E-state index contributed by atoms with van der Waals surface area (Å²) in [4.78, 5) is 23.1. The molecule has 6 heteroatoms. The summed E-state index contributed by atoms with van der Waals surface area (Å²) >= 11 is 5.89. The van der Waals surface area contributed by atoms with Gasteiger partial charge in [0.05, 0.1) is 11.4 Å². The molecule has 4 N–H and O–H groups in total. The third kappa shape index (κ3) is 5.28. The van der Waals surface area contributed by atoms with E-state index in [4.69, 9.17) is 17.3 Å². The summed E-state index contributed by atoms with van der Waals surface area (Å²) in [5, 5.41) is 5.91. The zero-order valence-electron chi connectivity index (χ0n) is 10.8. The van der Waals surface area contributed by atoms with Gasteiger partial charge >= 0.3 is 0 Å². The van der Waals surface area contributed by atoms with E-state index in [0.717, 1.165) is 6.42 Å². The van der Waals surface area contributed by atoms with Gasteiger partial charge < -0.3 is 16.4 Å². The second kappa shape index (κ2) is 7.76. The Kier molecular flexibility index (Phi) is 6.32. The summed E-state index contributed by atoms with van der Waals surface area (Å²) < 4.78 is 0. The van der Waals surface area contributed by atoms with Crippen LogP contribution in [0, 0.1) is 0 Å². The minimum absolute atomic E-state index is 0.0980. The van der Waals surface area contributed by atoms with Crippen LogP contribution in [0.2, 0.25) is 5.02 Å². The van der Waals surface area contributed by atoms with Crippen molar-refractivity contribution < 1.29 is 9.59 Å². The van der Waals surface area contributed by atoms with Gasteiger partial charge in [-0.3, -0.25) is 9.59 Å². The van der Waals surface area contributed by atoms with Gasteiger partial charge in [-0.2, -0.15) is 0 Å². The number of nitrogens with two attached hydrogens (primary N) is 1. The van der Waals surface area contributed by atoms with Crippen molar-refractivity contribution in [3.8, 4) is 0 Å². The Labute approximate surface area is 117 Å². The van der Waals surface area contributed by atoms with Crippen LogP contribution in [0.1, 0.15) is 26.2 Å². The third-order valence-corrected chi connectivity index (χ3v) is 2.61. The van der Waals surface area contributed by atoms with E-state index < -0.39 is 0 Å². The highest BCUT2D eigenvalue weighted by molar-refractivity contribution is 6.31. The number of halogens is 1. The third-order valence-electron chi connectivity index (χ3n) is 2.38. The molecule has 1 aromatic carbocycles. The first-order valence-electron chi connectivity index (χ1n) is 6.16. The first-order chi connectivity index (χ1) is 9.06. The highest BCUT2D eigenvalue weighted by atomic mass is 35.5. The number of hydrogen-bond acceptors (Lipinski definition) is 3. The molecule has 0 aromatic heterocycles. The van der Waals surface area contributed by atoms with Crippen molar-refractivity contribution in [3.05, 3.63) is 23.2 Å². The van der Waals surface area contributed by atoms with Gasteiger partial charge in [0.1, 0.15) is 0 Å². The van der Waals surface area contributed by atoms with Gasteiger partial charge in [-0.05, 0) is 24.6 Å². The van der Waals surface area contributed by atoms with Crippen LogP contribution in [0.5, 0.6) is 0 Å². The van der Waals surface area contributed by atoms with E-state index in [0.29, 0.717) is 22.8 Å². The maximum atomic E-state index is 11.6. The van der Waals surface area contributed by atoms with Crippen LogP contribution in [0.25, 0.3) is 0 Å². The zero-order valence-corrected chi connectivity index (χ0v) is 11.6. The molecule has 104 valence electrons. The van der Waals surface area contributed by atoms with Crippen molar-refractivity contribution in [1.82, 2.24) is 0 Å². The lowest BCUT2D eigenvalue weighted by atomic mass is 10.2. The van der Waals surface area contributed by atoms with E-state index in [1.165, 1.54) is 0 Å². The SMILES string of the molecule is CCCC(=O)Nc1ccc(Cl)cc1NC(=O)CCN. The monoisotopic (exact) mass is 283 g/mol. The highest BCUT2D eigenvalue weighted by Crippen LogP contribution is 2.26. The lowest BCUT2D eigenvalue weighted by Gasteiger charge is -2.12. The number of nitrogens with one attached hydrogen (secondary N) is 2. The molecule has 2 amide bonds. The highest BCUT2D eigenvalue weighted by Gasteiger charge is 2.09. The molecule has 5 nitrogen and oxygen atoms in total. The lowest BCUT2D eigenvalue weighted by Crippen LogP contribution is -2.18. The molecule has 0 radical (unpaired) electrons. The fourth-order valence-corrected chi connectivity index (χ4v) is 1.68. The number of hydrogen-bond donors (Lipinski definition) is 3. The van der Waals surface area contributed by atoms with Crippen LogP contribution < -0.4 is 16.4 Å². The van der Waals surface area contributed by atoms with E-state index >= 15 is 0 Å².